The van der Waals surface area contributed by atoms with E-state index in [-0.39, 0.29) is 42.6 Å². The molecule has 2 aliphatic rings. The molecule has 0 bridgehead atoms. The van der Waals surface area contributed by atoms with Crippen molar-refractivity contribution in [1.29, 1.82) is 0 Å². The monoisotopic (exact) mass is 811 g/mol. The van der Waals surface area contributed by atoms with Crippen LogP contribution in [-0.2, 0) is 11.3 Å². The number of benzene rings is 2. The third kappa shape index (κ3) is 7.03. The lowest BCUT2D eigenvalue weighted by atomic mass is 9.78. The fourth-order valence-corrected chi connectivity index (χ4v) is 7.93. The van der Waals surface area contributed by atoms with E-state index in [0.717, 1.165) is 44.8 Å². The molecule has 2 aliphatic heterocycles. The number of ether oxygens (including phenoxy) is 1. The molecule has 2 aromatic heterocycles. The molecule has 16 heteroatoms. The molecule has 2 aromatic carbocycles. The van der Waals surface area contributed by atoms with E-state index in [9.17, 15) is 28.3 Å². The number of aromatic nitrogens is 2. The first-order valence-electron chi connectivity index (χ1n) is 15.2. The highest BCUT2D eigenvalue weighted by Crippen LogP contribution is 2.41. The Hall–Kier alpha value is -4.03. The van der Waals surface area contributed by atoms with Crippen molar-refractivity contribution in [2.24, 2.45) is 5.92 Å². The summed E-state index contributed by atoms with van der Waals surface area (Å²) in [6.07, 6.45) is 0.522. The summed E-state index contributed by atoms with van der Waals surface area (Å²) in [5.41, 5.74) is 2.47. The van der Waals surface area contributed by atoms with Gasteiger partial charge >= 0.3 is 0 Å². The van der Waals surface area contributed by atoms with E-state index in [1.54, 1.807) is 30.3 Å². The van der Waals surface area contributed by atoms with Crippen molar-refractivity contribution in [3.63, 3.8) is 0 Å². The van der Waals surface area contributed by atoms with Crippen LogP contribution in [0, 0.1) is 20.4 Å². The molecule has 0 saturated carbocycles. The Balaban J connectivity index is 1.17. The Morgan fingerprint density at radius 1 is 1.08 bits per heavy atom. The smallest absolute Gasteiger partial charge is 0.295 e. The highest BCUT2D eigenvalue weighted by molar-refractivity contribution is 14.1. The van der Waals surface area contributed by atoms with Gasteiger partial charge in [0.05, 0.1) is 16.0 Å². The number of alkyl halides is 2. The van der Waals surface area contributed by atoms with E-state index in [1.165, 1.54) is 23.1 Å². The van der Waals surface area contributed by atoms with E-state index in [1.807, 2.05) is 22.6 Å². The molecular formula is C33H30F4IN5O5S. The number of likely N-dealkylation sites (tertiary alicyclic amines) is 2. The Bertz CT molecular complexity index is 1930. The summed E-state index contributed by atoms with van der Waals surface area (Å²) in [6.45, 7) is -1.99. The van der Waals surface area contributed by atoms with Crippen LogP contribution in [-0.4, -0.2) is 74.0 Å². The molecule has 49 heavy (non-hydrogen) atoms. The number of nitrogens with two attached hydrogens (primary N) is 1. The Labute approximate surface area is 295 Å². The van der Waals surface area contributed by atoms with Crippen molar-refractivity contribution in [2.45, 2.75) is 36.8 Å². The maximum atomic E-state index is 15.8. The Kier molecular flexibility index (Phi) is 9.74. The first-order valence-corrected chi connectivity index (χ1v) is 17.1. The second kappa shape index (κ2) is 13.7. The highest BCUT2D eigenvalue weighted by atomic mass is 127. The number of carbonyl (C=O) groups excluding carboxylic acids is 2. The summed E-state index contributed by atoms with van der Waals surface area (Å²) in [5.74, 6) is -7.51. The van der Waals surface area contributed by atoms with Crippen LogP contribution >= 0.6 is 33.9 Å². The van der Waals surface area contributed by atoms with Crippen molar-refractivity contribution in [3.05, 3.63) is 102 Å². The number of hydrogen-bond acceptors (Lipinski definition) is 8. The fraction of sp³-hybridized carbons (Fsp3) is 0.333. The van der Waals surface area contributed by atoms with Gasteiger partial charge in [-0.2, -0.15) is 0 Å². The predicted molar refractivity (Wildman–Crippen MR) is 181 cm³/mol. The van der Waals surface area contributed by atoms with Crippen LogP contribution in [0.5, 0.6) is 11.6 Å². The highest BCUT2D eigenvalue weighted by Gasteiger charge is 2.58. The Morgan fingerprint density at radius 3 is 2.45 bits per heavy atom. The number of carbonyl (C=O) groups is 2. The largest absolute Gasteiger partial charge is 0.437 e. The zero-order valence-corrected chi connectivity index (χ0v) is 28.7. The average molecular weight is 812 g/mol. The number of rotatable bonds is 7. The lowest BCUT2D eigenvalue weighted by Gasteiger charge is -2.46. The van der Waals surface area contributed by atoms with E-state index < -0.39 is 77.6 Å². The van der Waals surface area contributed by atoms with Crippen LogP contribution in [0.25, 0.3) is 0 Å². The maximum Gasteiger partial charge on any atom is 0.295 e. The number of amides is 2. The normalized spacial score (nSPS) is 22.2. The molecule has 258 valence electrons. The van der Waals surface area contributed by atoms with Crippen LogP contribution in [0.4, 0.5) is 23.2 Å². The summed E-state index contributed by atoms with van der Waals surface area (Å²) < 4.78 is 66.1. The first kappa shape index (κ1) is 34.8. The third-order valence-corrected chi connectivity index (χ3v) is 10.8. The van der Waals surface area contributed by atoms with Gasteiger partial charge in [-0.25, -0.2) is 22.5 Å². The summed E-state index contributed by atoms with van der Waals surface area (Å²) in [4.78, 5) is 46.6. The van der Waals surface area contributed by atoms with Gasteiger partial charge in [0.2, 0.25) is 11.8 Å². The molecule has 2 saturated heterocycles. The third-order valence-electron chi connectivity index (χ3n) is 8.97. The van der Waals surface area contributed by atoms with Gasteiger partial charge in [-0.05, 0) is 64.9 Å². The second-order valence-electron chi connectivity index (χ2n) is 12.1. The molecule has 10 nitrogen and oxygen atoms in total. The summed E-state index contributed by atoms with van der Waals surface area (Å²) in [5, 5.41) is 11.2. The molecule has 0 aliphatic carbocycles. The molecule has 6 rings (SSSR count). The molecule has 0 unspecified atom stereocenters. The van der Waals surface area contributed by atoms with E-state index >= 15 is 8.78 Å². The van der Waals surface area contributed by atoms with Crippen molar-refractivity contribution >= 4 is 51.4 Å². The molecule has 4 heterocycles. The number of halogens is 5. The molecule has 0 spiro atoms. The van der Waals surface area contributed by atoms with Crippen LogP contribution in [0.3, 0.4) is 0 Å². The number of aliphatic hydroxyl groups is 1. The van der Waals surface area contributed by atoms with Gasteiger partial charge in [0.15, 0.2) is 5.69 Å². The second-order valence-corrected chi connectivity index (χ2v) is 15.0. The zero-order valence-electron chi connectivity index (χ0n) is 25.7. The fourth-order valence-electron chi connectivity index (χ4n) is 6.27. The van der Waals surface area contributed by atoms with Crippen LogP contribution < -0.4 is 16.0 Å². The van der Waals surface area contributed by atoms with Crippen molar-refractivity contribution in [3.8, 4) is 11.6 Å². The van der Waals surface area contributed by atoms with Gasteiger partial charge in [-0.1, -0.05) is 30.3 Å². The minimum absolute atomic E-state index is 0.0259. The van der Waals surface area contributed by atoms with Crippen molar-refractivity contribution in [1.82, 2.24) is 19.4 Å². The summed E-state index contributed by atoms with van der Waals surface area (Å²) >= 11 is 2.97. The zero-order chi connectivity index (χ0) is 35.1. The average Bonchev–Trinajstić information content (AvgIpc) is 3.43. The van der Waals surface area contributed by atoms with E-state index in [4.69, 9.17) is 10.5 Å². The number of nitrogen functional groups attached to an aromatic ring is 1. The Morgan fingerprint density at radius 2 is 1.80 bits per heavy atom. The van der Waals surface area contributed by atoms with Crippen LogP contribution in [0.15, 0.2) is 71.8 Å². The predicted octanol–water partition coefficient (Wildman–Crippen LogP) is 5.11. The van der Waals surface area contributed by atoms with E-state index in [0.29, 0.717) is 2.88 Å². The lowest BCUT2D eigenvalue weighted by molar-refractivity contribution is -0.223. The molecule has 2 amide bonds. The van der Waals surface area contributed by atoms with Gasteiger partial charge in [0, 0.05) is 37.9 Å². The molecule has 2 fully saturated rings. The first-order chi connectivity index (χ1) is 23.3. The molecule has 3 N–H and O–H groups in total. The van der Waals surface area contributed by atoms with Crippen LogP contribution in [0.1, 0.15) is 34.0 Å². The molecule has 0 radical (unpaired) electrons. The molecule has 3 atom stereocenters. The summed E-state index contributed by atoms with van der Waals surface area (Å²) in [7, 11) is 0. The number of hydrogen-bond donors (Lipinski definition) is 2. The quantitative estimate of drug-likeness (QED) is 0.196. The topological polar surface area (TPSA) is 131 Å². The van der Waals surface area contributed by atoms with Crippen LogP contribution in [0.2, 0.25) is 0 Å². The van der Waals surface area contributed by atoms with Gasteiger partial charge in [0.25, 0.3) is 17.4 Å². The molecular weight excluding hydrogens is 781 g/mol. The number of anilines is 1. The summed E-state index contributed by atoms with van der Waals surface area (Å²) in [6, 6.07) is 15.1. The number of nitrogens with zero attached hydrogens (tertiary/aromatic N) is 4. The van der Waals surface area contributed by atoms with Crippen molar-refractivity contribution < 1.29 is 37.0 Å². The van der Waals surface area contributed by atoms with Gasteiger partial charge in [-0.15, -0.1) is 11.3 Å². The van der Waals surface area contributed by atoms with E-state index in [2.05, 4.69) is 4.98 Å². The van der Waals surface area contributed by atoms with Gasteiger partial charge in [-0.3, -0.25) is 19.0 Å². The SMILES string of the molecule is Nc1c(Oc2ccc(F)cc2)ncn(C[C@@]2(O)CCN(C(=O)[C@@H]3CCN(C(=O)c4sc(I)cc4F)C[C@H]3c3ccccc3)CC2(F)F)c1=O. The molecule has 4 aromatic rings. The minimum Gasteiger partial charge on any atom is -0.437 e. The standard InChI is InChI=1S/C33H30F4IN5O5S/c34-20-6-8-21(9-7-20)48-28-26(39)30(45)43(18-40-28)16-32(47)11-13-42(17-33(32,36)37)29(44)22-10-12-41(15-23(22)19-4-2-1-3-5-19)31(46)27-24(35)14-25(38)49-27/h1-9,14,18,22-23,47H,10-13,15-17,39H2/t22-,23+,32+/m1/s1. The van der Waals surface area contributed by atoms with Crippen molar-refractivity contribution in [2.75, 3.05) is 31.9 Å². The minimum atomic E-state index is -3.84. The van der Waals surface area contributed by atoms with Gasteiger partial charge < -0.3 is 25.4 Å². The lowest BCUT2D eigenvalue weighted by Crippen LogP contribution is -2.64. The number of thiophene rings is 1. The number of piperidine rings is 2. The van der Waals surface area contributed by atoms with Gasteiger partial charge in [0.1, 0.15) is 34.2 Å². The maximum absolute atomic E-state index is 15.8.